The molecular formula is C20H30N4O4S. The average Bonchev–Trinajstić information content (AvgIpc) is 2.93. The molecule has 2 aromatic rings. The Morgan fingerprint density at radius 3 is 2.38 bits per heavy atom. The number of carbonyl (C=O) groups excluding carboxylic acids is 1. The number of hydrogen-bond donors (Lipinski definition) is 1. The number of rotatable bonds is 8. The van der Waals surface area contributed by atoms with Crippen molar-refractivity contribution in [3.05, 3.63) is 40.7 Å². The molecule has 1 unspecified atom stereocenters. The van der Waals surface area contributed by atoms with E-state index in [-0.39, 0.29) is 28.2 Å². The number of hydrogen-bond acceptors (Lipinski definition) is 5. The predicted octanol–water partition coefficient (Wildman–Crippen LogP) is 2.57. The second kappa shape index (κ2) is 8.96. The molecule has 160 valence electrons. The van der Waals surface area contributed by atoms with Crippen molar-refractivity contribution in [1.29, 1.82) is 0 Å². The van der Waals surface area contributed by atoms with Crippen LogP contribution < -0.4 is 10.1 Å². The van der Waals surface area contributed by atoms with E-state index in [2.05, 4.69) is 10.4 Å². The van der Waals surface area contributed by atoms with Crippen molar-refractivity contribution in [2.24, 2.45) is 7.05 Å². The Morgan fingerprint density at radius 2 is 1.90 bits per heavy atom. The molecule has 0 aliphatic carbocycles. The quantitative estimate of drug-likeness (QED) is 0.706. The summed E-state index contributed by atoms with van der Waals surface area (Å²) in [4.78, 5) is 12.8. The molecule has 2 rings (SSSR count). The Morgan fingerprint density at radius 1 is 1.28 bits per heavy atom. The fourth-order valence-electron chi connectivity index (χ4n) is 3.49. The van der Waals surface area contributed by atoms with Crippen molar-refractivity contribution >= 4 is 15.9 Å². The fraction of sp³-hybridized carbons (Fsp3) is 0.500. The molecule has 0 saturated heterocycles. The van der Waals surface area contributed by atoms with Gasteiger partial charge in [0.15, 0.2) is 0 Å². The summed E-state index contributed by atoms with van der Waals surface area (Å²) in [6, 6.07) is 4.17. The molecule has 1 heterocycles. The van der Waals surface area contributed by atoms with Crippen LogP contribution in [0.15, 0.2) is 23.1 Å². The minimum atomic E-state index is -3.78. The first kappa shape index (κ1) is 22.9. The minimum Gasteiger partial charge on any atom is -0.495 e. The van der Waals surface area contributed by atoms with Gasteiger partial charge in [-0.1, -0.05) is 13.8 Å². The summed E-state index contributed by atoms with van der Waals surface area (Å²) >= 11 is 0. The maximum atomic E-state index is 13.0. The van der Waals surface area contributed by atoms with Crippen LogP contribution in [-0.2, 0) is 17.1 Å². The number of ether oxygens (including phenoxy) is 1. The van der Waals surface area contributed by atoms with Crippen LogP contribution >= 0.6 is 0 Å². The number of sulfonamides is 1. The Balaban J connectivity index is 2.39. The van der Waals surface area contributed by atoms with Gasteiger partial charge in [-0.2, -0.15) is 9.40 Å². The predicted molar refractivity (Wildman–Crippen MR) is 112 cm³/mol. The van der Waals surface area contributed by atoms with E-state index >= 15 is 0 Å². The standard InChI is InChI=1S/C20H30N4O4S/c1-8-24(9-2)29(26,27)18-12-16(10-11-17(18)28-7)20(25)21-13(3)19-14(4)22-23(6)15(19)5/h10-13H,8-9H2,1-7H3,(H,21,25). The third kappa shape index (κ3) is 4.45. The third-order valence-electron chi connectivity index (χ3n) is 5.09. The van der Waals surface area contributed by atoms with Crippen LogP contribution in [0.5, 0.6) is 5.75 Å². The Hall–Kier alpha value is -2.39. The van der Waals surface area contributed by atoms with Gasteiger partial charge in [-0.15, -0.1) is 0 Å². The second-order valence-electron chi connectivity index (χ2n) is 6.86. The smallest absolute Gasteiger partial charge is 0.251 e. The van der Waals surface area contributed by atoms with Gasteiger partial charge in [0.25, 0.3) is 5.91 Å². The number of carbonyl (C=O) groups is 1. The number of aryl methyl sites for hydroxylation is 2. The first-order valence-corrected chi connectivity index (χ1v) is 11.0. The van der Waals surface area contributed by atoms with Crippen molar-refractivity contribution < 1.29 is 17.9 Å². The average molecular weight is 423 g/mol. The van der Waals surface area contributed by atoms with Crippen LogP contribution in [0.25, 0.3) is 0 Å². The number of amides is 1. The summed E-state index contributed by atoms with van der Waals surface area (Å²) in [5, 5.41) is 7.32. The van der Waals surface area contributed by atoms with Crippen LogP contribution in [0, 0.1) is 13.8 Å². The Bertz CT molecular complexity index is 994. The van der Waals surface area contributed by atoms with Crippen molar-refractivity contribution in [2.45, 2.75) is 45.6 Å². The van der Waals surface area contributed by atoms with E-state index in [1.54, 1.807) is 24.6 Å². The molecule has 0 bridgehead atoms. The highest BCUT2D eigenvalue weighted by Crippen LogP contribution is 2.28. The Labute approximate surface area is 172 Å². The highest BCUT2D eigenvalue weighted by atomic mass is 32.2. The van der Waals surface area contributed by atoms with E-state index in [4.69, 9.17) is 4.74 Å². The lowest BCUT2D eigenvalue weighted by Gasteiger charge is -2.21. The summed E-state index contributed by atoms with van der Waals surface area (Å²) in [7, 11) is -0.511. The molecule has 1 atom stereocenters. The first-order chi connectivity index (χ1) is 13.6. The molecule has 0 aliphatic rings. The summed E-state index contributed by atoms with van der Waals surface area (Å²) in [5.74, 6) is -0.153. The highest BCUT2D eigenvalue weighted by molar-refractivity contribution is 7.89. The van der Waals surface area contributed by atoms with Crippen molar-refractivity contribution in [3.8, 4) is 5.75 Å². The number of aromatic nitrogens is 2. The lowest BCUT2D eigenvalue weighted by atomic mass is 10.1. The molecule has 8 nitrogen and oxygen atoms in total. The summed E-state index contributed by atoms with van der Waals surface area (Å²) in [6.45, 7) is 9.91. The van der Waals surface area contributed by atoms with Gasteiger partial charge < -0.3 is 10.1 Å². The van der Waals surface area contributed by atoms with Gasteiger partial charge in [0.2, 0.25) is 10.0 Å². The van der Waals surface area contributed by atoms with Gasteiger partial charge in [-0.05, 0) is 39.0 Å². The maximum Gasteiger partial charge on any atom is 0.251 e. The van der Waals surface area contributed by atoms with E-state index in [0.29, 0.717) is 13.1 Å². The molecule has 0 spiro atoms. The molecule has 1 amide bonds. The van der Waals surface area contributed by atoms with Gasteiger partial charge in [-0.3, -0.25) is 9.48 Å². The van der Waals surface area contributed by atoms with Crippen LogP contribution in [0.2, 0.25) is 0 Å². The number of methoxy groups -OCH3 is 1. The van der Waals surface area contributed by atoms with Crippen molar-refractivity contribution in [1.82, 2.24) is 19.4 Å². The van der Waals surface area contributed by atoms with E-state index < -0.39 is 10.0 Å². The van der Waals surface area contributed by atoms with Gasteiger partial charge in [0.1, 0.15) is 10.6 Å². The van der Waals surface area contributed by atoms with E-state index in [0.717, 1.165) is 17.0 Å². The van der Waals surface area contributed by atoms with Gasteiger partial charge in [0.05, 0.1) is 18.8 Å². The zero-order valence-corrected chi connectivity index (χ0v) is 18.9. The molecule has 9 heteroatoms. The molecule has 0 aliphatic heterocycles. The van der Waals surface area contributed by atoms with Crippen LogP contribution in [-0.4, -0.2) is 48.6 Å². The lowest BCUT2D eigenvalue weighted by molar-refractivity contribution is 0.0939. The van der Waals surface area contributed by atoms with Crippen LogP contribution in [0.3, 0.4) is 0 Å². The molecule has 1 aromatic heterocycles. The SMILES string of the molecule is CCN(CC)S(=O)(=O)c1cc(C(=O)NC(C)c2c(C)nn(C)c2C)ccc1OC. The molecule has 1 N–H and O–H groups in total. The highest BCUT2D eigenvalue weighted by Gasteiger charge is 2.27. The lowest BCUT2D eigenvalue weighted by Crippen LogP contribution is -2.31. The molecular weight excluding hydrogens is 392 g/mol. The van der Waals surface area contributed by atoms with Crippen molar-refractivity contribution in [3.63, 3.8) is 0 Å². The van der Waals surface area contributed by atoms with Crippen LogP contribution in [0.4, 0.5) is 0 Å². The number of nitrogens with one attached hydrogen (secondary N) is 1. The van der Waals surface area contributed by atoms with Crippen molar-refractivity contribution in [2.75, 3.05) is 20.2 Å². The Kier molecular flexibility index (Phi) is 7.07. The fourth-order valence-corrected chi connectivity index (χ4v) is 5.13. The monoisotopic (exact) mass is 422 g/mol. The van der Waals surface area contributed by atoms with Gasteiger partial charge in [-0.25, -0.2) is 8.42 Å². The second-order valence-corrected chi connectivity index (χ2v) is 8.76. The summed E-state index contributed by atoms with van der Waals surface area (Å²) < 4.78 is 34.3. The van der Waals surface area contributed by atoms with Crippen LogP contribution in [0.1, 0.15) is 54.1 Å². The minimum absolute atomic E-state index is 0.0160. The number of benzene rings is 1. The third-order valence-corrected chi connectivity index (χ3v) is 7.17. The zero-order chi connectivity index (χ0) is 21.9. The molecule has 29 heavy (non-hydrogen) atoms. The zero-order valence-electron chi connectivity index (χ0n) is 18.1. The molecule has 0 fully saturated rings. The summed E-state index contributed by atoms with van der Waals surface area (Å²) in [5.41, 5.74) is 3.01. The topological polar surface area (TPSA) is 93.5 Å². The van der Waals surface area contributed by atoms with E-state index in [9.17, 15) is 13.2 Å². The van der Waals surface area contributed by atoms with E-state index in [1.165, 1.54) is 23.5 Å². The number of nitrogens with zero attached hydrogens (tertiary/aromatic N) is 3. The normalized spacial score (nSPS) is 12.8. The van der Waals surface area contributed by atoms with Gasteiger partial charge >= 0.3 is 0 Å². The molecule has 0 radical (unpaired) electrons. The largest absolute Gasteiger partial charge is 0.495 e. The summed E-state index contributed by atoms with van der Waals surface area (Å²) in [6.07, 6.45) is 0. The van der Waals surface area contributed by atoms with Gasteiger partial charge in [0, 0.05) is 37.0 Å². The first-order valence-electron chi connectivity index (χ1n) is 9.57. The maximum absolute atomic E-state index is 13.0. The molecule has 1 aromatic carbocycles. The van der Waals surface area contributed by atoms with E-state index in [1.807, 2.05) is 27.8 Å². The molecule has 0 saturated carbocycles.